The van der Waals surface area contributed by atoms with Crippen molar-refractivity contribution in [3.05, 3.63) is 39.4 Å². The average molecular weight is 405 g/mol. The highest BCUT2D eigenvalue weighted by Crippen LogP contribution is 2.24. The second-order valence-electron chi connectivity index (χ2n) is 7.19. The van der Waals surface area contributed by atoms with Gasteiger partial charge in [-0.15, -0.1) is 0 Å². The van der Waals surface area contributed by atoms with Gasteiger partial charge in [-0.2, -0.15) is 0 Å². The molecule has 8 heteroatoms. The first-order valence-electron chi connectivity index (χ1n) is 9.72. The van der Waals surface area contributed by atoms with Crippen molar-refractivity contribution >= 4 is 34.3 Å². The zero-order valence-corrected chi connectivity index (χ0v) is 16.7. The van der Waals surface area contributed by atoms with Crippen LogP contribution in [0.4, 0.5) is 0 Å². The molecule has 28 heavy (non-hydrogen) atoms. The Labute approximate surface area is 168 Å². The van der Waals surface area contributed by atoms with Crippen molar-refractivity contribution < 1.29 is 9.59 Å². The molecule has 1 aromatic heterocycles. The summed E-state index contributed by atoms with van der Waals surface area (Å²) >= 11 is 6.00. The van der Waals surface area contributed by atoms with E-state index >= 15 is 0 Å². The van der Waals surface area contributed by atoms with E-state index in [1.807, 2.05) is 6.92 Å². The first kappa shape index (κ1) is 20.3. The summed E-state index contributed by atoms with van der Waals surface area (Å²) in [7, 11) is 0. The molecule has 0 unspecified atom stereocenters. The second kappa shape index (κ2) is 9.19. The summed E-state index contributed by atoms with van der Waals surface area (Å²) in [5.41, 5.74) is 0.222. The van der Waals surface area contributed by atoms with E-state index in [1.165, 1.54) is 0 Å². The fourth-order valence-electron chi connectivity index (χ4n) is 3.59. The number of nitrogens with zero attached hydrogens (tertiary/aromatic N) is 2. The van der Waals surface area contributed by atoms with Gasteiger partial charge < -0.3 is 15.2 Å². The number of aromatic amines is 1. The van der Waals surface area contributed by atoms with Crippen LogP contribution in [0, 0.1) is 5.92 Å². The molecule has 0 spiro atoms. The molecule has 0 bridgehead atoms. The van der Waals surface area contributed by atoms with Crippen LogP contribution in [0.2, 0.25) is 5.02 Å². The first-order valence-corrected chi connectivity index (χ1v) is 10.1. The molecule has 0 saturated heterocycles. The van der Waals surface area contributed by atoms with Crippen LogP contribution in [0.15, 0.2) is 23.0 Å². The van der Waals surface area contributed by atoms with Crippen LogP contribution < -0.4 is 10.9 Å². The van der Waals surface area contributed by atoms with Gasteiger partial charge in [0.1, 0.15) is 5.82 Å². The number of fused-ring (bicyclic) bond motifs is 1. The molecule has 1 heterocycles. The highest BCUT2D eigenvalue weighted by atomic mass is 35.5. The predicted molar refractivity (Wildman–Crippen MR) is 108 cm³/mol. The van der Waals surface area contributed by atoms with Crippen molar-refractivity contribution in [2.75, 3.05) is 13.1 Å². The van der Waals surface area contributed by atoms with Crippen molar-refractivity contribution in [3.63, 3.8) is 0 Å². The van der Waals surface area contributed by atoms with E-state index in [9.17, 15) is 14.4 Å². The maximum atomic E-state index is 12.6. The number of carbonyl (C=O) groups excluding carboxylic acids is 2. The van der Waals surface area contributed by atoms with Crippen LogP contribution in [-0.4, -0.2) is 39.8 Å². The number of rotatable bonds is 7. The molecule has 2 aromatic rings. The summed E-state index contributed by atoms with van der Waals surface area (Å²) in [6.07, 6.45) is 4.68. The predicted octanol–water partition coefficient (Wildman–Crippen LogP) is 2.62. The smallest absolute Gasteiger partial charge is 0.258 e. The largest absolute Gasteiger partial charge is 0.347 e. The highest BCUT2D eigenvalue weighted by Gasteiger charge is 2.24. The van der Waals surface area contributed by atoms with Gasteiger partial charge in [-0.3, -0.25) is 14.4 Å². The number of benzene rings is 1. The van der Waals surface area contributed by atoms with E-state index in [4.69, 9.17) is 11.6 Å². The van der Waals surface area contributed by atoms with Crippen molar-refractivity contribution in [3.8, 4) is 0 Å². The van der Waals surface area contributed by atoms with Crippen LogP contribution in [0.1, 0.15) is 44.9 Å². The number of aromatic nitrogens is 2. The minimum atomic E-state index is -0.268. The number of halogens is 1. The van der Waals surface area contributed by atoms with Crippen molar-refractivity contribution in [1.82, 2.24) is 20.2 Å². The molecule has 0 radical (unpaired) electrons. The van der Waals surface area contributed by atoms with E-state index in [2.05, 4.69) is 15.3 Å². The zero-order valence-electron chi connectivity index (χ0n) is 16.0. The summed E-state index contributed by atoms with van der Waals surface area (Å²) in [6.45, 7) is 2.60. The molecular formula is C20H25ClN4O3. The van der Waals surface area contributed by atoms with E-state index < -0.39 is 0 Å². The average Bonchev–Trinajstić information content (AvgIpc) is 3.20. The van der Waals surface area contributed by atoms with Crippen molar-refractivity contribution in [2.24, 2.45) is 5.92 Å². The van der Waals surface area contributed by atoms with E-state index in [1.54, 1.807) is 23.1 Å². The van der Waals surface area contributed by atoms with Gasteiger partial charge in [-0.1, -0.05) is 31.4 Å². The van der Waals surface area contributed by atoms with Crippen molar-refractivity contribution in [2.45, 2.75) is 45.6 Å². The lowest BCUT2D eigenvalue weighted by Gasteiger charge is -2.22. The van der Waals surface area contributed by atoms with Gasteiger partial charge in [-0.25, -0.2) is 4.98 Å². The van der Waals surface area contributed by atoms with Gasteiger partial charge in [0.25, 0.3) is 5.56 Å². The van der Waals surface area contributed by atoms with Gasteiger partial charge in [0.2, 0.25) is 11.8 Å². The zero-order chi connectivity index (χ0) is 20.1. The van der Waals surface area contributed by atoms with Crippen LogP contribution in [-0.2, 0) is 16.1 Å². The number of nitrogens with one attached hydrogen (secondary N) is 2. The Morgan fingerprint density at radius 2 is 2.07 bits per heavy atom. The fourth-order valence-corrected chi connectivity index (χ4v) is 3.75. The maximum Gasteiger partial charge on any atom is 0.258 e. The summed E-state index contributed by atoms with van der Waals surface area (Å²) in [4.78, 5) is 45.8. The third-order valence-corrected chi connectivity index (χ3v) is 5.28. The fraction of sp³-hybridized carbons (Fsp3) is 0.500. The molecule has 1 fully saturated rings. The summed E-state index contributed by atoms with van der Waals surface area (Å²) in [5, 5.41) is 3.70. The molecule has 1 saturated carbocycles. The molecule has 0 aliphatic heterocycles. The molecule has 150 valence electrons. The first-order chi connectivity index (χ1) is 13.5. The number of hydrogen-bond donors (Lipinski definition) is 2. The molecule has 0 atom stereocenters. The summed E-state index contributed by atoms with van der Waals surface area (Å²) in [5.74, 6) is 0.176. The SMILES string of the molecule is CCCN(Cc1nc2cc(Cl)ccc2c(=O)[nH]1)C(=O)CNC(=O)C1CCCC1. The molecular weight excluding hydrogens is 380 g/mol. The molecule has 3 rings (SSSR count). The van der Waals surface area contributed by atoms with Crippen LogP contribution >= 0.6 is 11.6 Å². The molecule has 2 amide bonds. The lowest BCUT2D eigenvalue weighted by atomic mass is 10.1. The molecule has 2 N–H and O–H groups in total. The minimum absolute atomic E-state index is 0.0238. The summed E-state index contributed by atoms with van der Waals surface area (Å²) < 4.78 is 0. The Bertz CT molecular complexity index is 921. The van der Waals surface area contributed by atoms with E-state index in [-0.39, 0.29) is 36.4 Å². The Kier molecular flexibility index (Phi) is 6.67. The molecule has 1 aromatic carbocycles. The molecule has 7 nitrogen and oxygen atoms in total. The monoisotopic (exact) mass is 404 g/mol. The van der Waals surface area contributed by atoms with Gasteiger partial charge in [0.05, 0.1) is 24.0 Å². The van der Waals surface area contributed by atoms with E-state index in [0.717, 1.165) is 32.1 Å². The van der Waals surface area contributed by atoms with Gasteiger partial charge in [-0.05, 0) is 37.5 Å². The summed E-state index contributed by atoms with van der Waals surface area (Å²) in [6, 6.07) is 4.89. The topological polar surface area (TPSA) is 95.2 Å². The number of H-pyrrole nitrogens is 1. The Balaban J connectivity index is 1.69. The Morgan fingerprint density at radius 1 is 1.32 bits per heavy atom. The third kappa shape index (κ3) is 4.90. The maximum absolute atomic E-state index is 12.6. The van der Waals surface area contributed by atoms with Gasteiger partial charge in [0, 0.05) is 17.5 Å². The van der Waals surface area contributed by atoms with E-state index in [0.29, 0.717) is 28.3 Å². The number of amides is 2. The number of carbonyl (C=O) groups is 2. The Hall–Kier alpha value is -2.41. The second-order valence-corrected chi connectivity index (χ2v) is 7.63. The molecule has 1 aliphatic rings. The van der Waals surface area contributed by atoms with Crippen LogP contribution in [0.25, 0.3) is 10.9 Å². The minimum Gasteiger partial charge on any atom is -0.347 e. The van der Waals surface area contributed by atoms with Crippen molar-refractivity contribution in [1.29, 1.82) is 0 Å². The number of hydrogen-bond acceptors (Lipinski definition) is 4. The van der Waals surface area contributed by atoms with Gasteiger partial charge in [0.15, 0.2) is 0 Å². The lowest BCUT2D eigenvalue weighted by Crippen LogP contribution is -2.42. The van der Waals surface area contributed by atoms with Crippen LogP contribution in [0.3, 0.4) is 0 Å². The highest BCUT2D eigenvalue weighted by molar-refractivity contribution is 6.31. The Morgan fingerprint density at radius 3 is 2.79 bits per heavy atom. The third-order valence-electron chi connectivity index (χ3n) is 5.04. The quantitative estimate of drug-likeness (QED) is 0.741. The standard InChI is InChI=1S/C20H25ClN4O3/c1-2-9-25(18(26)11-22-19(27)13-5-3-4-6-13)12-17-23-16-10-14(21)7-8-15(16)20(28)24-17/h7-8,10,13H,2-6,9,11-12H2,1H3,(H,22,27)(H,23,24,28). The van der Waals surface area contributed by atoms with Crippen LogP contribution in [0.5, 0.6) is 0 Å². The normalized spacial score (nSPS) is 14.4. The lowest BCUT2D eigenvalue weighted by molar-refractivity contribution is -0.134. The van der Waals surface area contributed by atoms with Gasteiger partial charge >= 0.3 is 0 Å². The molecule has 1 aliphatic carbocycles.